The van der Waals surface area contributed by atoms with Crippen molar-refractivity contribution < 1.29 is 0 Å². The summed E-state index contributed by atoms with van der Waals surface area (Å²) in [5.74, 6) is 0.492. The molecule has 0 saturated heterocycles. The molecule has 0 bridgehead atoms. The fraction of sp³-hybridized carbons (Fsp3) is 0.308. The summed E-state index contributed by atoms with van der Waals surface area (Å²) in [7, 11) is 0. The molecule has 1 heterocycles. The smallest absolute Gasteiger partial charge is 0.0649 e. The maximum atomic E-state index is 4.52. The molecule has 0 fully saturated rings. The van der Waals surface area contributed by atoms with Gasteiger partial charge < -0.3 is 0 Å². The van der Waals surface area contributed by atoms with Crippen LogP contribution in [-0.2, 0) is 0 Å². The third kappa shape index (κ3) is 1.94. The fourth-order valence-corrected chi connectivity index (χ4v) is 1.71. The van der Waals surface area contributed by atoms with Crippen molar-refractivity contribution in [3.8, 4) is 5.69 Å². The second-order valence-electron chi connectivity index (χ2n) is 4.11. The minimum absolute atomic E-state index is 0.492. The molecule has 0 saturated carbocycles. The molecule has 1 aromatic carbocycles. The number of hydrogen-bond donors (Lipinski definition) is 0. The molecular formula is C13H16N2. The quantitative estimate of drug-likeness (QED) is 0.727. The Morgan fingerprint density at radius 3 is 2.40 bits per heavy atom. The summed E-state index contributed by atoms with van der Waals surface area (Å²) in [5, 5.41) is 4.52. The van der Waals surface area contributed by atoms with Gasteiger partial charge in [0, 0.05) is 5.69 Å². The molecule has 0 N–H and O–H groups in total. The van der Waals surface area contributed by atoms with Gasteiger partial charge in [-0.1, -0.05) is 32.0 Å². The average molecular weight is 200 g/mol. The molecule has 0 spiro atoms. The van der Waals surface area contributed by atoms with E-state index < -0.39 is 0 Å². The van der Waals surface area contributed by atoms with Crippen molar-refractivity contribution in [3.05, 3.63) is 47.8 Å². The van der Waals surface area contributed by atoms with E-state index in [-0.39, 0.29) is 0 Å². The standard InChI is InChI=1S/C13H16N2/c1-10(2)13-9-11(3)14-15(13)12-7-5-4-6-8-12/h4-10H,1-3H3. The van der Waals surface area contributed by atoms with Crippen molar-refractivity contribution in [2.75, 3.05) is 0 Å². The summed E-state index contributed by atoms with van der Waals surface area (Å²) in [6, 6.07) is 12.4. The van der Waals surface area contributed by atoms with Crippen molar-refractivity contribution in [2.45, 2.75) is 26.7 Å². The van der Waals surface area contributed by atoms with Gasteiger partial charge in [0.25, 0.3) is 0 Å². The second kappa shape index (κ2) is 3.89. The van der Waals surface area contributed by atoms with Crippen LogP contribution in [-0.4, -0.2) is 9.78 Å². The minimum Gasteiger partial charge on any atom is -0.237 e. The van der Waals surface area contributed by atoms with Crippen molar-refractivity contribution in [2.24, 2.45) is 0 Å². The number of nitrogens with zero attached hydrogens (tertiary/aromatic N) is 2. The molecule has 2 rings (SSSR count). The molecule has 2 heteroatoms. The van der Waals surface area contributed by atoms with E-state index in [0.717, 1.165) is 11.4 Å². The van der Waals surface area contributed by atoms with Gasteiger partial charge in [-0.15, -0.1) is 0 Å². The third-order valence-electron chi connectivity index (χ3n) is 2.45. The highest BCUT2D eigenvalue weighted by Gasteiger charge is 2.09. The van der Waals surface area contributed by atoms with E-state index in [0.29, 0.717) is 5.92 Å². The van der Waals surface area contributed by atoms with Gasteiger partial charge in [-0.25, -0.2) is 4.68 Å². The molecule has 78 valence electrons. The Kier molecular flexibility index (Phi) is 2.58. The van der Waals surface area contributed by atoms with Crippen molar-refractivity contribution in [1.82, 2.24) is 9.78 Å². The molecule has 0 atom stereocenters. The van der Waals surface area contributed by atoms with E-state index in [1.54, 1.807) is 0 Å². The molecule has 0 aliphatic heterocycles. The van der Waals surface area contributed by atoms with Gasteiger partial charge in [0.05, 0.1) is 11.4 Å². The average Bonchev–Trinajstić information content (AvgIpc) is 2.62. The largest absolute Gasteiger partial charge is 0.237 e. The van der Waals surface area contributed by atoms with Crippen molar-refractivity contribution in [1.29, 1.82) is 0 Å². The van der Waals surface area contributed by atoms with E-state index in [1.165, 1.54) is 5.69 Å². The Morgan fingerprint density at radius 2 is 1.80 bits per heavy atom. The number of aromatic nitrogens is 2. The van der Waals surface area contributed by atoms with Crippen LogP contribution < -0.4 is 0 Å². The van der Waals surface area contributed by atoms with Gasteiger partial charge in [-0.3, -0.25) is 0 Å². The summed E-state index contributed by atoms with van der Waals surface area (Å²) in [6.45, 7) is 6.41. The Morgan fingerprint density at radius 1 is 1.13 bits per heavy atom. The van der Waals surface area contributed by atoms with Gasteiger partial charge in [0.1, 0.15) is 0 Å². The lowest BCUT2D eigenvalue weighted by atomic mass is 10.1. The summed E-state index contributed by atoms with van der Waals surface area (Å²) >= 11 is 0. The molecule has 0 aliphatic rings. The monoisotopic (exact) mass is 200 g/mol. The molecule has 2 nitrogen and oxygen atoms in total. The third-order valence-corrected chi connectivity index (χ3v) is 2.45. The number of rotatable bonds is 2. The molecule has 0 unspecified atom stereocenters. The summed E-state index contributed by atoms with van der Waals surface area (Å²) in [4.78, 5) is 0. The van der Waals surface area contributed by atoms with Gasteiger partial charge in [0.2, 0.25) is 0 Å². The number of hydrogen-bond acceptors (Lipinski definition) is 1. The van der Waals surface area contributed by atoms with Crippen LogP contribution in [0, 0.1) is 6.92 Å². The van der Waals surface area contributed by atoms with E-state index in [4.69, 9.17) is 0 Å². The lowest BCUT2D eigenvalue weighted by Gasteiger charge is -2.09. The van der Waals surface area contributed by atoms with Crippen molar-refractivity contribution in [3.63, 3.8) is 0 Å². The zero-order valence-corrected chi connectivity index (χ0v) is 9.44. The first-order valence-corrected chi connectivity index (χ1v) is 5.30. The zero-order chi connectivity index (χ0) is 10.8. The predicted molar refractivity (Wildman–Crippen MR) is 62.4 cm³/mol. The summed E-state index contributed by atoms with van der Waals surface area (Å²) < 4.78 is 2.03. The summed E-state index contributed by atoms with van der Waals surface area (Å²) in [6.07, 6.45) is 0. The maximum absolute atomic E-state index is 4.52. The molecule has 15 heavy (non-hydrogen) atoms. The SMILES string of the molecule is Cc1cc(C(C)C)n(-c2ccccc2)n1. The first-order chi connectivity index (χ1) is 7.18. The Hall–Kier alpha value is -1.57. The van der Waals surface area contributed by atoms with E-state index in [9.17, 15) is 0 Å². The first kappa shape index (κ1) is 9.97. The lowest BCUT2D eigenvalue weighted by molar-refractivity contribution is 0.731. The van der Waals surface area contributed by atoms with Crippen molar-refractivity contribution >= 4 is 0 Å². The van der Waals surface area contributed by atoms with E-state index in [1.807, 2.05) is 29.8 Å². The highest BCUT2D eigenvalue weighted by molar-refractivity contribution is 5.34. The van der Waals surface area contributed by atoms with Crippen LogP contribution in [0.3, 0.4) is 0 Å². The van der Waals surface area contributed by atoms with Crippen LogP contribution >= 0.6 is 0 Å². The van der Waals surface area contributed by atoms with Crippen LogP contribution in [0.15, 0.2) is 36.4 Å². The number of aryl methyl sites for hydroxylation is 1. The Bertz CT molecular complexity index is 441. The van der Waals surface area contributed by atoms with Gasteiger partial charge in [0.15, 0.2) is 0 Å². The van der Waals surface area contributed by atoms with Crippen LogP contribution in [0.2, 0.25) is 0 Å². The van der Waals surface area contributed by atoms with E-state index >= 15 is 0 Å². The molecule has 0 aliphatic carbocycles. The van der Waals surface area contributed by atoms with Gasteiger partial charge >= 0.3 is 0 Å². The zero-order valence-electron chi connectivity index (χ0n) is 9.44. The molecule has 0 amide bonds. The normalized spacial score (nSPS) is 10.9. The second-order valence-corrected chi connectivity index (χ2v) is 4.11. The Balaban J connectivity index is 2.53. The highest BCUT2D eigenvalue weighted by atomic mass is 15.3. The van der Waals surface area contributed by atoms with Gasteiger partial charge in [-0.2, -0.15) is 5.10 Å². The first-order valence-electron chi connectivity index (χ1n) is 5.30. The number of para-hydroxylation sites is 1. The lowest BCUT2D eigenvalue weighted by Crippen LogP contribution is -2.03. The topological polar surface area (TPSA) is 17.8 Å². The molecular weight excluding hydrogens is 184 g/mol. The highest BCUT2D eigenvalue weighted by Crippen LogP contribution is 2.19. The maximum Gasteiger partial charge on any atom is 0.0649 e. The van der Waals surface area contributed by atoms with Crippen LogP contribution in [0.4, 0.5) is 0 Å². The predicted octanol–water partition coefficient (Wildman–Crippen LogP) is 3.30. The van der Waals surface area contributed by atoms with Crippen LogP contribution in [0.25, 0.3) is 5.69 Å². The molecule has 0 radical (unpaired) electrons. The minimum atomic E-state index is 0.492. The molecule has 2 aromatic rings. The summed E-state index contributed by atoms with van der Waals surface area (Å²) in [5.41, 5.74) is 3.47. The number of benzene rings is 1. The van der Waals surface area contributed by atoms with Crippen LogP contribution in [0.1, 0.15) is 31.2 Å². The van der Waals surface area contributed by atoms with Crippen LogP contribution in [0.5, 0.6) is 0 Å². The van der Waals surface area contributed by atoms with Gasteiger partial charge in [-0.05, 0) is 31.0 Å². The Labute approximate surface area is 90.6 Å². The fourth-order valence-electron chi connectivity index (χ4n) is 1.71. The molecule has 1 aromatic heterocycles. The van der Waals surface area contributed by atoms with E-state index in [2.05, 4.69) is 37.1 Å².